The molecule has 0 aromatic heterocycles. The molecule has 0 bridgehead atoms. The number of carboxylic acids is 1. The minimum absolute atomic E-state index is 0.0822. The van der Waals surface area contributed by atoms with E-state index in [0.717, 1.165) is 36.5 Å². The van der Waals surface area contributed by atoms with Gasteiger partial charge in [0.05, 0.1) is 0 Å². The van der Waals surface area contributed by atoms with E-state index in [4.69, 9.17) is 0 Å². The molecular formula is C20H21NO3. The molecular weight excluding hydrogens is 302 g/mol. The van der Waals surface area contributed by atoms with Gasteiger partial charge in [0, 0.05) is 11.6 Å². The van der Waals surface area contributed by atoms with Crippen LogP contribution in [0.4, 0.5) is 0 Å². The van der Waals surface area contributed by atoms with Gasteiger partial charge in [-0.05, 0) is 48.1 Å². The Hall–Kier alpha value is -2.36. The van der Waals surface area contributed by atoms with E-state index < -0.39 is 12.0 Å². The van der Waals surface area contributed by atoms with Gasteiger partial charge in [0.15, 0.2) is 0 Å². The molecule has 0 radical (unpaired) electrons. The lowest BCUT2D eigenvalue weighted by Crippen LogP contribution is -2.46. The molecule has 4 heteroatoms. The van der Waals surface area contributed by atoms with E-state index in [-0.39, 0.29) is 11.9 Å². The molecule has 2 aromatic carbocycles. The molecule has 1 aliphatic heterocycles. The fourth-order valence-corrected chi connectivity index (χ4v) is 4.44. The lowest BCUT2D eigenvalue weighted by molar-refractivity contribution is -0.141. The van der Waals surface area contributed by atoms with Crippen LogP contribution in [0.1, 0.15) is 42.5 Å². The first kappa shape index (κ1) is 15.2. The first-order chi connectivity index (χ1) is 11.6. The summed E-state index contributed by atoms with van der Waals surface area (Å²) in [4.78, 5) is 26.5. The number of nitrogens with zero attached hydrogens (tertiary/aromatic N) is 1. The number of hydrogen-bond donors (Lipinski definition) is 1. The second-order valence-electron chi connectivity index (χ2n) is 6.98. The molecule has 24 heavy (non-hydrogen) atoms. The fourth-order valence-electron chi connectivity index (χ4n) is 4.44. The van der Waals surface area contributed by atoms with Crippen molar-refractivity contribution in [2.24, 2.45) is 5.92 Å². The Morgan fingerprint density at radius 3 is 2.54 bits per heavy atom. The number of carbonyl (C=O) groups excluding carboxylic acids is 1. The summed E-state index contributed by atoms with van der Waals surface area (Å²) in [6.45, 7) is 0. The van der Waals surface area contributed by atoms with Gasteiger partial charge in [-0.2, -0.15) is 0 Å². The van der Waals surface area contributed by atoms with E-state index in [2.05, 4.69) is 0 Å². The van der Waals surface area contributed by atoms with Crippen molar-refractivity contribution < 1.29 is 14.7 Å². The van der Waals surface area contributed by atoms with Gasteiger partial charge in [-0.25, -0.2) is 4.79 Å². The van der Waals surface area contributed by atoms with Crippen molar-refractivity contribution in [2.45, 2.75) is 44.2 Å². The minimum Gasteiger partial charge on any atom is -0.480 e. The molecule has 124 valence electrons. The van der Waals surface area contributed by atoms with Crippen LogP contribution in [0.3, 0.4) is 0 Å². The summed E-state index contributed by atoms with van der Waals surface area (Å²) >= 11 is 0. The normalized spacial score (nSPS) is 26.3. The molecule has 2 aliphatic rings. The molecule has 0 unspecified atom stereocenters. The van der Waals surface area contributed by atoms with E-state index in [1.807, 2.05) is 42.5 Å². The first-order valence-electron chi connectivity index (χ1n) is 8.69. The van der Waals surface area contributed by atoms with Crippen LogP contribution in [0.25, 0.3) is 10.8 Å². The lowest BCUT2D eigenvalue weighted by atomic mass is 9.84. The number of aliphatic carboxylic acids is 1. The second kappa shape index (κ2) is 5.93. The minimum atomic E-state index is -0.876. The summed E-state index contributed by atoms with van der Waals surface area (Å²) in [7, 11) is 0. The highest BCUT2D eigenvalue weighted by atomic mass is 16.4. The largest absolute Gasteiger partial charge is 0.480 e. The van der Waals surface area contributed by atoms with Crippen molar-refractivity contribution >= 4 is 22.6 Å². The Labute approximate surface area is 141 Å². The number of fused-ring (bicyclic) bond motifs is 2. The van der Waals surface area contributed by atoms with Crippen molar-refractivity contribution in [2.75, 3.05) is 0 Å². The summed E-state index contributed by atoms with van der Waals surface area (Å²) in [5.41, 5.74) is 0.589. The molecule has 1 saturated carbocycles. The van der Waals surface area contributed by atoms with Gasteiger partial charge in [0.1, 0.15) is 6.04 Å². The molecule has 1 saturated heterocycles. The van der Waals surface area contributed by atoms with Crippen molar-refractivity contribution in [3.8, 4) is 0 Å². The molecule has 0 spiro atoms. The van der Waals surface area contributed by atoms with Crippen LogP contribution >= 0.6 is 0 Å². The summed E-state index contributed by atoms with van der Waals surface area (Å²) in [5.74, 6) is -0.676. The van der Waals surface area contributed by atoms with Crippen LogP contribution < -0.4 is 0 Å². The Morgan fingerprint density at radius 2 is 1.75 bits per heavy atom. The summed E-state index contributed by atoms with van der Waals surface area (Å²) < 4.78 is 0. The quantitative estimate of drug-likeness (QED) is 0.917. The van der Waals surface area contributed by atoms with Gasteiger partial charge in [0.25, 0.3) is 5.91 Å². The summed E-state index contributed by atoms with van der Waals surface area (Å²) in [6, 6.07) is 12.9. The molecule has 4 rings (SSSR count). The van der Waals surface area contributed by atoms with Crippen molar-refractivity contribution in [1.29, 1.82) is 0 Å². The van der Waals surface area contributed by atoms with E-state index >= 15 is 0 Å². The zero-order valence-corrected chi connectivity index (χ0v) is 13.5. The average Bonchev–Trinajstić information content (AvgIpc) is 3.00. The SMILES string of the molecule is O=C(O)[C@@H]1C[C@H]2CCCC[C@H]2N1C(=O)c1ccc2ccccc2c1. The number of hydrogen-bond acceptors (Lipinski definition) is 2. The van der Waals surface area contributed by atoms with E-state index in [0.29, 0.717) is 17.9 Å². The molecule has 2 fully saturated rings. The van der Waals surface area contributed by atoms with E-state index in [1.54, 1.807) is 4.90 Å². The van der Waals surface area contributed by atoms with Gasteiger partial charge >= 0.3 is 5.97 Å². The number of carbonyl (C=O) groups is 2. The van der Waals surface area contributed by atoms with Crippen LogP contribution in [0, 0.1) is 5.92 Å². The maximum atomic E-state index is 13.1. The van der Waals surface area contributed by atoms with Crippen LogP contribution in [-0.4, -0.2) is 34.0 Å². The van der Waals surface area contributed by atoms with E-state index in [9.17, 15) is 14.7 Å². The Morgan fingerprint density at radius 1 is 1.00 bits per heavy atom. The number of amides is 1. The number of likely N-dealkylation sites (tertiary alicyclic amines) is 1. The Bertz CT molecular complexity index is 800. The monoisotopic (exact) mass is 323 g/mol. The maximum absolute atomic E-state index is 13.1. The number of rotatable bonds is 2. The van der Waals surface area contributed by atoms with Gasteiger partial charge in [0.2, 0.25) is 0 Å². The van der Waals surface area contributed by atoms with Gasteiger partial charge in [-0.15, -0.1) is 0 Å². The molecule has 4 nitrogen and oxygen atoms in total. The highest BCUT2D eigenvalue weighted by Gasteiger charge is 2.47. The van der Waals surface area contributed by atoms with Gasteiger partial charge in [-0.3, -0.25) is 4.79 Å². The molecule has 3 atom stereocenters. The Balaban J connectivity index is 1.70. The van der Waals surface area contributed by atoms with Crippen LogP contribution in [-0.2, 0) is 4.79 Å². The van der Waals surface area contributed by atoms with Crippen LogP contribution in [0.15, 0.2) is 42.5 Å². The smallest absolute Gasteiger partial charge is 0.326 e. The third kappa shape index (κ3) is 2.46. The lowest BCUT2D eigenvalue weighted by Gasteiger charge is -2.33. The molecule has 1 aliphatic carbocycles. The molecule has 1 heterocycles. The number of carboxylic acid groups (broad SMARTS) is 1. The third-order valence-corrected chi connectivity index (χ3v) is 5.60. The second-order valence-corrected chi connectivity index (χ2v) is 6.98. The predicted octanol–water partition coefficient (Wildman–Crippen LogP) is 3.70. The highest BCUT2D eigenvalue weighted by Crippen LogP contribution is 2.40. The van der Waals surface area contributed by atoms with Gasteiger partial charge < -0.3 is 10.0 Å². The van der Waals surface area contributed by atoms with Crippen molar-refractivity contribution in [1.82, 2.24) is 4.90 Å². The van der Waals surface area contributed by atoms with Gasteiger partial charge in [-0.1, -0.05) is 43.2 Å². The predicted molar refractivity (Wildman–Crippen MR) is 91.9 cm³/mol. The first-order valence-corrected chi connectivity index (χ1v) is 8.69. The van der Waals surface area contributed by atoms with Crippen molar-refractivity contribution in [3.05, 3.63) is 48.0 Å². The average molecular weight is 323 g/mol. The summed E-state index contributed by atoms with van der Waals surface area (Å²) in [6.07, 6.45) is 4.78. The zero-order valence-electron chi connectivity index (χ0n) is 13.5. The third-order valence-electron chi connectivity index (χ3n) is 5.60. The van der Waals surface area contributed by atoms with Crippen LogP contribution in [0.2, 0.25) is 0 Å². The van der Waals surface area contributed by atoms with Crippen LogP contribution in [0.5, 0.6) is 0 Å². The number of benzene rings is 2. The maximum Gasteiger partial charge on any atom is 0.326 e. The molecule has 2 aromatic rings. The summed E-state index contributed by atoms with van der Waals surface area (Å²) in [5, 5.41) is 11.7. The van der Waals surface area contributed by atoms with E-state index in [1.165, 1.54) is 0 Å². The Kier molecular flexibility index (Phi) is 3.75. The molecule has 1 amide bonds. The fraction of sp³-hybridized carbons (Fsp3) is 0.400. The molecule has 1 N–H and O–H groups in total. The highest BCUT2D eigenvalue weighted by molar-refractivity contribution is 6.00. The topological polar surface area (TPSA) is 57.6 Å². The zero-order chi connectivity index (χ0) is 16.7. The standard InChI is InChI=1S/C20H21NO3/c22-19(16-10-9-13-5-1-2-6-14(13)11-16)21-17-8-4-3-7-15(17)12-18(21)20(23)24/h1-2,5-6,9-11,15,17-18H,3-4,7-8,12H2,(H,23,24)/t15-,17-,18+/m1/s1. The van der Waals surface area contributed by atoms with Crippen molar-refractivity contribution in [3.63, 3.8) is 0 Å².